The van der Waals surface area contributed by atoms with E-state index < -0.39 is 0 Å². The molecule has 2 aromatic rings. The number of hydrogen-bond donors (Lipinski definition) is 2. The van der Waals surface area contributed by atoms with E-state index >= 15 is 0 Å². The van der Waals surface area contributed by atoms with Crippen LogP contribution in [0.4, 0.5) is 10.5 Å². The van der Waals surface area contributed by atoms with E-state index in [2.05, 4.69) is 15.6 Å². The SMILES string of the molecule is COC(C)(C)C[C@@H](C)NC(=O)Nc1cccc(-c2ncc(C)o2)c1. The number of hydrogen-bond acceptors (Lipinski definition) is 4. The summed E-state index contributed by atoms with van der Waals surface area (Å²) in [5.41, 5.74) is 1.21. The van der Waals surface area contributed by atoms with Gasteiger partial charge in [-0.2, -0.15) is 0 Å². The van der Waals surface area contributed by atoms with Crippen LogP contribution in [0.5, 0.6) is 0 Å². The van der Waals surface area contributed by atoms with Gasteiger partial charge in [0.05, 0.1) is 11.8 Å². The zero-order chi connectivity index (χ0) is 17.7. The molecule has 6 heteroatoms. The molecule has 0 aliphatic rings. The molecule has 2 N–H and O–H groups in total. The number of carbonyl (C=O) groups is 1. The predicted octanol–water partition coefficient (Wildman–Crippen LogP) is 3.98. The molecule has 1 heterocycles. The Morgan fingerprint density at radius 1 is 1.42 bits per heavy atom. The molecule has 0 bridgehead atoms. The number of methoxy groups -OCH3 is 1. The van der Waals surface area contributed by atoms with Gasteiger partial charge in [-0.15, -0.1) is 0 Å². The zero-order valence-electron chi connectivity index (χ0n) is 14.8. The Labute approximate surface area is 142 Å². The van der Waals surface area contributed by atoms with Crippen LogP contribution in [0.25, 0.3) is 11.5 Å². The summed E-state index contributed by atoms with van der Waals surface area (Å²) in [6, 6.07) is 7.12. The summed E-state index contributed by atoms with van der Waals surface area (Å²) in [6.45, 7) is 7.77. The second-order valence-electron chi connectivity index (χ2n) is 6.52. The van der Waals surface area contributed by atoms with Crippen LogP contribution in [0, 0.1) is 6.92 Å². The molecule has 0 radical (unpaired) electrons. The van der Waals surface area contributed by atoms with Gasteiger partial charge < -0.3 is 19.8 Å². The summed E-state index contributed by atoms with van der Waals surface area (Å²) in [6.07, 6.45) is 2.38. The van der Waals surface area contributed by atoms with Crippen LogP contribution in [0.3, 0.4) is 0 Å². The van der Waals surface area contributed by atoms with E-state index in [1.54, 1.807) is 13.3 Å². The summed E-state index contributed by atoms with van der Waals surface area (Å²) in [5.74, 6) is 1.28. The van der Waals surface area contributed by atoms with E-state index in [1.165, 1.54) is 0 Å². The first-order chi connectivity index (χ1) is 11.3. The van der Waals surface area contributed by atoms with Crippen LogP contribution in [0.2, 0.25) is 0 Å². The molecule has 0 fully saturated rings. The minimum atomic E-state index is -0.282. The molecule has 0 spiro atoms. The van der Waals surface area contributed by atoms with Gasteiger partial charge in [0.1, 0.15) is 5.76 Å². The number of nitrogens with zero attached hydrogens (tertiary/aromatic N) is 1. The van der Waals surface area contributed by atoms with Crippen LogP contribution in [-0.4, -0.2) is 29.8 Å². The van der Waals surface area contributed by atoms with Crippen LogP contribution in [0.15, 0.2) is 34.9 Å². The third-order valence-corrected chi connectivity index (χ3v) is 3.72. The van der Waals surface area contributed by atoms with Crippen molar-refractivity contribution in [2.45, 2.75) is 45.8 Å². The minimum Gasteiger partial charge on any atom is -0.441 e. The molecule has 0 aliphatic carbocycles. The van der Waals surface area contributed by atoms with Crippen molar-refractivity contribution in [3.8, 4) is 11.5 Å². The molecule has 1 aromatic carbocycles. The average Bonchev–Trinajstić information content (AvgIpc) is 2.93. The molecule has 1 aromatic heterocycles. The molecule has 0 saturated heterocycles. The lowest BCUT2D eigenvalue weighted by Gasteiger charge is -2.27. The van der Waals surface area contributed by atoms with Gasteiger partial charge in [0.15, 0.2) is 0 Å². The van der Waals surface area contributed by atoms with Crippen molar-refractivity contribution in [3.05, 3.63) is 36.2 Å². The largest absolute Gasteiger partial charge is 0.441 e. The van der Waals surface area contributed by atoms with Gasteiger partial charge in [0.2, 0.25) is 5.89 Å². The van der Waals surface area contributed by atoms with Crippen LogP contribution < -0.4 is 10.6 Å². The molecule has 130 valence electrons. The molecule has 0 unspecified atom stereocenters. The third-order valence-electron chi connectivity index (χ3n) is 3.72. The van der Waals surface area contributed by atoms with Crippen molar-refractivity contribution in [3.63, 3.8) is 0 Å². The standard InChI is InChI=1S/C18H25N3O3/c1-12(10-18(3,4)23-5)20-17(22)21-15-8-6-7-14(9-15)16-19-11-13(2)24-16/h6-9,11-12H,10H2,1-5H3,(H2,20,21,22)/t12-/m1/s1. The number of aryl methyl sites for hydroxylation is 1. The number of carbonyl (C=O) groups excluding carboxylic acids is 1. The minimum absolute atomic E-state index is 0.0162. The monoisotopic (exact) mass is 331 g/mol. The van der Waals surface area contributed by atoms with Crippen molar-refractivity contribution >= 4 is 11.7 Å². The second kappa shape index (κ2) is 7.49. The van der Waals surface area contributed by atoms with Crippen LogP contribution in [0.1, 0.15) is 33.0 Å². The maximum absolute atomic E-state index is 12.1. The molecule has 6 nitrogen and oxygen atoms in total. The normalized spacial score (nSPS) is 12.7. The predicted molar refractivity (Wildman–Crippen MR) is 94.0 cm³/mol. The van der Waals surface area contributed by atoms with Crippen molar-refractivity contribution in [1.82, 2.24) is 10.3 Å². The van der Waals surface area contributed by atoms with Gasteiger partial charge >= 0.3 is 6.03 Å². The molecule has 0 aliphatic heterocycles. The zero-order valence-corrected chi connectivity index (χ0v) is 14.8. The van der Waals surface area contributed by atoms with Gasteiger partial charge in [0.25, 0.3) is 0 Å². The van der Waals surface area contributed by atoms with Crippen LogP contribution in [-0.2, 0) is 4.74 Å². The molecule has 1 atom stereocenters. The van der Waals surface area contributed by atoms with Crippen molar-refractivity contribution in [2.24, 2.45) is 0 Å². The first-order valence-corrected chi connectivity index (χ1v) is 7.94. The fourth-order valence-electron chi connectivity index (χ4n) is 2.48. The molecule has 2 amide bonds. The highest BCUT2D eigenvalue weighted by molar-refractivity contribution is 5.90. The van der Waals surface area contributed by atoms with Gasteiger partial charge in [-0.25, -0.2) is 9.78 Å². The van der Waals surface area contributed by atoms with E-state index in [4.69, 9.17) is 9.15 Å². The fraction of sp³-hybridized carbons (Fsp3) is 0.444. The van der Waals surface area contributed by atoms with Gasteiger partial charge in [-0.3, -0.25) is 0 Å². The smallest absolute Gasteiger partial charge is 0.319 e. The lowest BCUT2D eigenvalue weighted by molar-refractivity contribution is 0.00963. The molecular weight excluding hydrogens is 306 g/mol. The number of anilines is 1. The number of benzene rings is 1. The van der Waals surface area contributed by atoms with Crippen molar-refractivity contribution < 1.29 is 13.9 Å². The number of ether oxygens (including phenoxy) is 1. The quantitative estimate of drug-likeness (QED) is 0.839. The van der Waals surface area contributed by atoms with Crippen LogP contribution >= 0.6 is 0 Å². The number of nitrogens with one attached hydrogen (secondary N) is 2. The highest BCUT2D eigenvalue weighted by Gasteiger charge is 2.21. The summed E-state index contributed by atoms with van der Waals surface area (Å²) in [4.78, 5) is 16.3. The Morgan fingerprint density at radius 2 is 2.17 bits per heavy atom. The van der Waals surface area contributed by atoms with E-state index in [1.807, 2.05) is 52.0 Å². The van der Waals surface area contributed by atoms with Gasteiger partial charge in [0, 0.05) is 24.4 Å². The summed E-state index contributed by atoms with van der Waals surface area (Å²) < 4.78 is 10.9. The Morgan fingerprint density at radius 3 is 2.79 bits per heavy atom. The Balaban J connectivity index is 1.97. The highest BCUT2D eigenvalue weighted by Crippen LogP contribution is 2.22. The first-order valence-electron chi connectivity index (χ1n) is 7.94. The number of rotatable bonds is 6. The maximum atomic E-state index is 12.1. The highest BCUT2D eigenvalue weighted by atomic mass is 16.5. The summed E-state index contributed by atoms with van der Waals surface area (Å²) in [5, 5.41) is 5.75. The maximum Gasteiger partial charge on any atom is 0.319 e. The fourth-order valence-corrected chi connectivity index (χ4v) is 2.48. The lowest BCUT2D eigenvalue weighted by Crippen LogP contribution is -2.40. The van der Waals surface area contributed by atoms with E-state index in [-0.39, 0.29) is 17.7 Å². The number of oxazole rings is 1. The van der Waals surface area contributed by atoms with Crippen molar-refractivity contribution in [2.75, 3.05) is 12.4 Å². The molecule has 0 saturated carbocycles. The third kappa shape index (κ3) is 5.09. The lowest BCUT2D eigenvalue weighted by atomic mass is 10.00. The number of aromatic nitrogens is 1. The molecule has 24 heavy (non-hydrogen) atoms. The summed E-state index contributed by atoms with van der Waals surface area (Å²) in [7, 11) is 1.67. The average molecular weight is 331 g/mol. The molecular formula is C18H25N3O3. The van der Waals surface area contributed by atoms with E-state index in [0.717, 1.165) is 11.3 Å². The topological polar surface area (TPSA) is 76.4 Å². The number of amides is 2. The Kier molecular flexibility index (Phi) is 5.62. The first kappa shape index (κ1) is 18.0. The molecule has 2 rings (SSSR count). The van der Waals surface area contributed by atoms with E-state index in [9.17, 15) is 4.79 Å². The van der Waals surface area contributed by atoms with E-state index in [0.29, 0.717) is 18.0 Å². The van der Waals surface area contributed by atoms with Gasteiger partial charge in [-0.05, 0) is 52.3 Å². The van der Waals surface area contributed by atoms with Crippen molar-refractivity contribution in [1.29, 1.82) is 0 Å². The number of urea groups is 1. The van der Waals surface area contributed by atoms with Gasteiger partial charge in [-0.1, -0.05) is 6.07 Å². The summed E-state index contributed by atoms with van der Waals surface area (Å²) >= 11 is 0. The second-order valence-corrected chi connectivity index (χ2v) is 6.52. The Bertz CT molecular complexity index is 694. The Hall–Kier alpha value is -2.34.